The van der Waals surface area contributed by atoms with Gasteiger partial charge in [0.2, 0.25) is 5.91 Å². The molecular formula is C18H16N6O3. The predicted molar refractivity (Wildman–Crippen MR) is 101 cm³/mol. The molecule has 3 aromatic heterocycles. The number of nitrogens with one attached hydrogen (secondary N) is 1. The number of rotatable bonds is 3. The number of hydrogen-bond donors (Lipinski definition) is 1. The molecule has 4 rings (SSSR count). The number of aryl methyl sites for hydroxylation is 1. The number of amides is 1. The second kappa shape index (κ2) is 6.20. The van der Waals surface area contributed by atoms with Gasteiger partial charge in [-0.3, -0.25) is 23.7 Å². The molecule has 0 unspecified atom stereocenters. The van der Waals surface area contributed by atoms with Crippen molar-refractivity contribution in [1.82, 2.24) is 23.7 Å². The van der Waals surface area contributed by atoms with Gasteiger partial charge in [0.25, 0.3) is 5.56 Å². The van der Waals surface area contributed by atoms with Gasteiger partial charge in [-0.1, -0.05) is 18.2 Å². The highest BCUT2D eigenvalue weighted by molar-refractivity contribution is 5.93. The zero-order valence-corrected chi connectivity index (χ0v) is 14.7. The third-order valence-corrected chi connectivity index (χ3v) is 4.41. The van der Waals surface area contributed by atoms with Crippen molar-refractivity contribution in [3.8, 4) is 0 Å². The van der Waals surface area contributed by atoms with Gasteiger partial charge in [-0.05, 0) is 12.1 Å². The summed E-state index contributed by atoms with van der Waals surface area (Å²) < 4.78 is 3.70. The summed E-state index contributed by atoms with van der Waals surface area (Å²) in [6.45, 7) is -0.114. The van der Waals surface area contributed by atoms with Crippen LogP contribution in [0.2, 0.25) is 0 Å². The molecule has 0 radical (unpaired) electrons. The van der Waals surface area contributed by atoms with Gasteiger partial charge in [0.15, 0.2) is 11.2 Å². The van der Waals surface area contributed by atoms with Gasteiger partial charge in [0.1, 0.15) is 6.54 Å². The first-order chi connectivity index (χ1) is 13.0. The Kier molecular flexibility index (Phi) is 3.84. The summed E-state index contributed by atoms with van der Waals surface area (Å²) in [6, 6.07) is 9.41. The van der Waals surface area contributed by atoms with Gasteiger partial charge < -0.3 is 9.88 Å². The first-order valence-corrected chi connectivity index (χ1v) is 8.21. The van der Waals surface area contributed by atoms with Gasteiger partial charge in [0.05, 0.1) is 23.7 Å². The molecule has 0 fully saturated rings. The van der Waals surface area contributed by atoms with Crippen LogP contribution in [0.5, 0.6) is 0 Å². The number of fused-ring (bicyclic) bond motifs is 2. The number of imidazole rings is 1. The molecule has 0 saturated heterocycles. The Hall–Kier alpha value is -3.75. The van der Waals surface area contributed by atoms with Crippen LogP contribution >= 0.6 is 0 Å². The van der Waals surface area contributed by atoms with E-state index in [0.717, 1.165) is 15.5 Å². The molecule has 4 aromatic rings. The molecule has 27 heavy (non-hydrogen) atoms. The first-order valence-electron chi connectivity index (χ1n) is 8.21. The van der Waals surface area contributed by atoms with Crippen LogP contribution in [0.25, 0.3) is 22.1 Å². The Bertz CT molecular complexity index is 1310. The lowest BCUT2D eigenvalue weighted by Gasteiger charge is -2.08. The van der Waals surface area contributed by atoms with Crippen LogP contribution < -0.4 is 16.6 Å². The highest BCUT2D eigenvalue weighted by Crippen LogP contribution is 2.16. The maximum Gasteiger partial charge on any atom is 0.332 e. The molecule has 0 bridgehead atoms. The fraction of sp³-hybridized carbons (Fsp3) is 0.167. The van der Waals surface area contributed by atoms with Gasteiger partial charge >= 0.3 is 5.69 Å². The van der Waals surface area contributed by atoms with Crippen LogP contribution in [0, 0.1) is 0 Å². The van der Waals surface area contributed by atoms with E-state index in [2.05, 4.69) is 15.3 Å². The molecule has 0 spiro atoms. The molecule has 1 amide bonds. The molecule has 0 saturated carbocycles. The Morgan fingerprint density at radius 1 is 1.11 bits per heavy atom. The van der Waals surface area contributed by atoms with E-state index in [1.54, 1.807) is 6.20 Å². The fourth-order valence-electron chi connectivity index (χ4n) is 3.01. The number of para-hydroxylation sites is 1. The molecule has 9 nitrogen and oxygen atoms in total. The normalized spacial score (nSPS) is 11.2. The van der Waals surface area contributed by atoms with Gasteiger partial charge in [-0.2, -0.15) is 0 Å². The van der Waals surface area contributed by atoms with E-state index in [-0.39, 0.29) is 23.6 Å². The van der Waals surface area contributed by atoms with Crippen molar-refractivity contribution in [3.05, 3.63) is 63.7 Å². The van der Waals surface area contributed by atoms with Crippen molar-refractivity contribution in [2.75, 3.05) is 5.32 Å². The summed E-state index contributed by atoms with van der Waals surface area (Å²) in [4.78, 5) is 45.2. The van der Waals surface area contributed by atoms with Gasteiger partial charge in [-0.25, -0.2) is 9.78 Å². The topological polar surface area (TPSA) is 104 Å². The van der Waals surface area contributed by atoms with E-state index in [1.165, 1.54) is 29.6 Å². The van der Waals surface area contributed by atoms with E-state index in [4.69, 9.17) is 0 Å². The molecule has 0 aliphatic carbocycles. The summed E-state index contributed by atoms with van der Waals surface area (Å²) in [5.41, 5.74) is 0.869. The zero-order valence-electron chi connectivity index (χ0n) is 14.7. The Morgan fingerprint density at radius 2 is 1.89 bits per heavy atom. The number of nitrogens with zero attached hydrogens (tertiary/aromatic N) is 5. The third kappa shape index (κ3) is 2.78. The van der Waals surface area contributed by atoms with Crippen LogP contribution in [-0.2, 0) is 25.4 Å². The quantitative estimate of drug-likeness (QED) is 0.574. The van der Waals surface area contributed by atoms with Crippen molar-refractivity contribution in [3.63, 3.8) is 0 Å². The summed E-state index contributed by atoms with van der Waals surface area (Å²) >= 11 is 0. The minimum atomic E-state index is -0.495. The average molecular weight is 364 g/mol. The second-order valence-electron chi connectivity index (χ2n) is 6.22. The molecule has 1 aromatic carbocycles. The molecule has 9 heteroatoms. The molecule has 0 aliphatic heterocycles. The molecule has 1 N–H and O–H groups in total. The van der Waals surface area contributed by atoms with E-state index < -0.39 is 11.2 Å². The van der Waals surface area contributed by atoms with Crippen molar-refractivity contribution in [2.24, 2.45) is 14.1 Å². The van der Waals surface area contributed by atoms with Crippen LogP contribution in [-0.4, -0.2) is 29.6 Å². The number of hydrogen-bond acceptors (Lipinski definition) is 5. The van der Waals surface area contributed by atoms with Gasteiger partial charge in [-0.15, -0.1) is 0 Å². The van der Waals surface area contributed by atoms with E-state index in [0.29, 0.717) is 5.69 Å². The maximum absolute atomic E-state index is 12.4. The summed E-state index contributed by atoms with van der Waals surface area (Å²) in [6.07, 6.45) is 2.96. The van der Waals surface area contributed by atoms with Crippen LogP contribution in [0.1, 0.15) is 0 Å². The number of pyridine rings is 1. The lowest BCUT2D eigenvalue weighted by Crippen LogP contribution is -2.37. The van der Waals surface area contributed by atoms with Crippen LogP contribution in [0.15, 0.2) is 52.4 Å². The van der Waals surface area contributed by atoms with Crippen LogP contribution in [0.3, 0.4) is 0 Å². The number of benzene rings is 1. The predicted octanol–water partition coefficient (Wildman–Crippen LogP) is 0.621. The number of carbonyl (C=O) groups excluding carboxylic acids is 1. The fourth-order valence-corrected chi connectivity index (χ4v) is 3.01. The first kappa shape index (κ1) is 16.7. The molecule has 136 valence electrons. The Labute approximate surface area is 152 Å². The minimum Gasteiger partial charge on any atom is -0.323 e. The highest BCUT2D eigenvalue weighted by Gasteiger charge is 2.16. The summed E-state index contributed by atoms with van der Waals surface area (Å²) in [7, 11) is 2.92. The third-order valence-electron chi connectivity index (χ3n) is 4.41. The molecule has 3 heterocycles. The van der Waals surface area contributed by atoms with E-state index in [1.807, 2.05) is 30.3 Å². The zero-order chi connectivity index (χ0) is 19.1. The minimum absolute atomic E-state index is 0.114. The Morgan fingerprint density at radius 3 is 2.70 bits per heavy atom. The maximum atomic E-state index is 12.4. The monoisotopic (exact) mass is 364 g/mol. The van der Waals surface area contributed by atoms with Crippen LogP contribution in [0.4, 0.5) is 5.69 Å². The Balaban J connectivity index is 1.65. The number of carbonyl (C=O) groups is 1. The standard InChI is InChI=1S/C18H16N6O3/c1-22-16-15(17(26)23(2)18(22)27)24(10-20-16)9-14(25)21-12-7-11-5-3-4-6-13(11)19-8-12/h3-8,10H,9H2,1-2H3,(H,21,25). The number of aromatic nitrogens is 5. The van der Waals surface area contributed by atoms with Gasteiger partial charge in [0, 0.05) is 19.5 Å². The van der Waals surface area contributed by atoms with E-state index >= 15 is 0 Å². The largest absolute Gasteiger partial charge is 0.332 e. The molecule has 0 atom stereocenters. The smallest absolute Gasteiger partial charge is 0.323 e. The summed E-state index contributed by atoms with van der Waals surface area (Å²) in [5.74, 6) is -0.331. The average Bonchev–Trinajstić information content (AvgIpc) is 3.08. The second-order valence-corrected chi connectivity index (χ2v) is 6.22. The SMILES string of the molecule is Cn1c(=O)c2c(ncn2CC(=O)Nc2cnc3ccccc3c2)n(C)c1=O. The number of anilines is 1. The summed E-state index contributed by atoms with van der Waals surface area (Å²) in [5, 5.41) is 3.68. The van der Waals surface area contributed by atoms with Crippen molar-refractivity contribution < 1.29 is 4.79 Å². The van der Waals surface area contributed by atoms with Crippen molar-refractivity contribution in [2.45, 2.75) is 6.54 Å². The lowest BCUT2D eigenvalue weighted by molar-refractivity contribution is -0.116. The molecule has 0 aliphatic rings. The highest BCUT2D eigenvalue weighted by atomic mass is 16.2. The van der Waals surface area contributed by atoms with Crippen molar-refractivity contribution >= 4 is 33.7 Å². The molecular weight excluding hydrogens is 348 g/mol. The van der Waals surface area contributed by atoms with E-state index in [9.17, 15) is 14.4 Å². The lowest BCUT2D eigenvalue weighted by atomic mass is 10.2. The van der Waals surface area contributed by atoms with Crippen molar-refractivity contribution in [1.29, 1.82) is 0 Å².